The van der Waals surface area contributed by atoms with Gasteiger partial charge in [0.25, 0.3) is 0 Å². The molecule has 1 aromatic carbocycles. The van der Waals surface area contributed by atoms with Crippen LogP contribution >= 0.6 is 0 Å². The van der Waals surface area contributed by atoms with Crippen LogP contribution in [0.15, 0.2) is 23.1 Å². The monoisotopic (exact) mass is 311 g/mol. The Hall–Kier alpha value is -1.49. The second-order valence-electron chi connectivity index (χ2n) is 4.94. The number of nitrogens with zero attached hydrogens (tertiary/aromatic N) is 2. The van der Waals surface area contributed by atoms with Crippen molar-refractivity contribution in [2.75, 3.05) is 19.6 Å². The number of piperidine rings is 1. The summed E-state index contributed by atoms with van der Waals surface area (Å²) in [5.74, 6) is -0.707. The van der Waals surface area contributed by atoms with Gasteiger partial charge in [-0.05, 0) is 44.1 Å². The minimum absolute atomic E-state index is 0.0270. The summed E-state index contributed by atoms with van der Waals surface area (Å²) in [4.78, 5) is -0.0270. The van der Waals surface area contributed by atoms with Gasteiger partial charge in [-0.1, -0.05) is 6.92 Å². The Morgan fingerprint density at radius 2 is 2.10 bits per heavy atom. The standard InChI is InChI=1S/C14H18FN3O2S/c1-2-18(12-5-7-17-8-6-12)21(19,20)13-3-4-14(15)11(9-13)10-16/h3-4,9,12,17H,2,5-8H2,1H3. The maximum absolute atomic E-state index is 13.4. The van der Waals surface area contributed by atoms with Crippen LogP contribution in [0.4, 0.5) is 4.39 Å². The van der Waals surface area contributed by atoms with Gasteiger partial charge in [0.15, 0.2) is 0 Å². The van der Waals surface area contributed by atoms with Gasteiger partial charge in [0.1, 0.15) is 11.9 Å². The molecule has 0 unspecified atom stereocenters. The molecule has 0 bridgehead atoms. The number of nitriles is 1. The van der Waals surface area contributed by atoms with Crippen molar-refractivity contribution in [3.8, 4) is 6.07 Å². The van der Waals surface area contributed by atoms with Crippen molar-refractivity contribution in [3.05, 3.63) is 29.6 Å². The van der Waals surface area contributed by atoms with E-state index in [1.54, 1.807) is 13.0 Å². The predicted octanol–water partition coefficient (Wildman–Crippen LogP) is 1.46. The molecule has 0 amide bonds. The lowest BCUT2D eigenvalue weighted by atomic mass is 10.1. The van der Waals surface area contributed by atoms with Crippen molar-refractivity contribution in [2.45, 2.75) is 30.7 Å². The van der Waals surface area contributed by atoms with Gasteiger partial charge in [0.2, 0.25) is 10.0 Å². The Kier molecular flexibility index (Phi) is 4.93. The molecule has 2 rings (SSSR count). The number of hydrogen-bond acceptors (Lipinski definition) is 4. The smallest absolute Gasteiger partial charge is 0.243 e. The van der Waals surface area contributed by atoms with E-state index in [9.17, 15) is 12.8 Å². The molecule has 1 saturated heterocycles. The third-order valence-corrected chi connectivity index (χ3v) is 5.72. The van der Waals surface area contributed by atoms with Crippen molar-refractivity contribution in [1.29, 1.82) is 5.26 Å². The van der Waals surface area contributed by atoms with E-state index in [1.807, 2.05) is 0 Å². The topological polar surface area (TPSA) is 73.2 Å². The molecule has 1 aliphatic rings. The zero-order valence-corrected chi connectivity index (χ0v) is 12.7. The molecule has 0 aliphatic carbocycles. The highest BCUT2D eigenvalue weighted by atomic mass is 32.2. The molecule has 1 aliphatic heterocycles. The normalized spacial score (nSPS) is 16.9. The van der Waals surface area contributed by atoms with Crippen LogP contribution in [0.2, 0.25) is 0 Å². The van der Waals surface area contributed by atoms with E-state index in [4.69, 9.17) is 5.26 Å². The van der Waals surface area contributed by atoms with Crippen LogP contribution in [0.25, 0.3) is 0 Å². The van der Waals surface area contributed by atoms with Gasteiger partial charge >= 0.3 is 0 Å². The van der Waals surface area contributed by atoms with Crippen molar-refractivity contribution in [2.24, 2.45) is 0 Å². The van der Waals surface area contributed by atoms with Crippen molar-refractivity contribution < 1.29 is 12.8 Å². The highest BCUT2D eigenvalue weighted by Crippen LogP contribution is 2.23. The average Bonchev–Trinajstić information content (AvgIpc) is 2.49. The maximum Gasteiger partial charge on any atom is 0.243 e. The lowest BCUT2D eigenvalue weighted by Crippen LogP contribution is -2.45. The summed E-state index contributed by atoms with van der Waals surface area (Å²) in [5.41, 5.74) is -0.252. The van der Waals surface area contributed by atoms with E-state index in [0.29, 0.717) is 6.54 Å². The first-order valence-electron chi connectivity index (χ1n) is 6.93. The highest BCUT2D eigenvalue weighted by Gasteiger charge is 2.31. The summed E-state index contributed by atoms with van der Waals surface area (Å²) < 4.78 is 40.2. The lowest BCUT2D eigenvalue weighted by Gasteiger charge is -2.33. The highest BCUT2D eigenvalue weighted by molar-refractivity contribution is 7.89. The Labute approximate surface area is 124 Å². The van der Waals surface area contributed by atoms with Crippen LogP contribution in [0.3, 0.4) is 0 Å². The minimum atomic E-state index is -3.71. The number of halogens is 1. The average molecular weight is 311 g/mol. The van der Waals surface area contributed by atoms with Gasteiger partial charge < -0.3 is 5.32 Å². The summed E-state index contributed by atoms with van der Waals surface area (Å²) >= 11 is 0. The van der Waals surface area contributed by atoms with Gasteiger partial charge in [-0.15, -0.1) is 0 Å². The fourth-order valence-electron chi connectivity index (χ4n) is 2.60. The van der Waals surface area contributed by atoms with E-state index < -0.39 is 15.8 Å². The first-order valence-corrected chi connectivity index (χ1v) is 8.37. The Balaban J connectivity index is 2.37. The predicted molar refractivity (Wildman–Crippen MR) is 76.6 cm³/mol. The number of hydrogen-bond donors (Lipinski definition) is 1. The van der Waals surface area contributed by atoms with E-state index in [1.165, 1.54) is 10.4 Å². The zero-order valence-electron chi connectivity index (χ0n) is 11.8. The summed E-state index contributed by atoms with van der Waals surface area (Å²) in [6.07, 6.45) is 1.50. The molecule has 114 valence electrons. The largest absolute Gasteiger partial charge is 0.317 e. The lowest BCUT2D eigenvalue weighted by molar-refractivity contribution is 0.270. The van der Waals surface area contributed by atoms with Gasteiger partial charge in [0, 0.05) is 12.6 Å². The first kappa shape index (κ1) is 15.9. The van der Waals surface area contributed by atoms with Gasteiger partial charge in [-0.2, -0.15) is 9.57 Å². The number of sulfonamides is 1. The van der Waals surface area contributed by atoms with Crippen LogP contribution in [0.1, 0.15) is 25.3 Å². The first-order chi connectivity index (χ1) is 10.0. The van der Waals surface area contributed by atoms with Crippen LogP contribution < -0.4 is 5.32 Å². The molecule has 1 fully saturated rings. The Morgan fingerprint density at radius 1 is 1.43 bits per heavy atom. The second kappa shape index (κ2) is 6.52. The van der Waals surface area contributed by atoms with Gasteiger partial charge in [-0.3, -0.25) is 0 Å². The third kappa shape index (κ3) is 3.23. The number of rotatable bonds is 4. The minimum Gasteiger partial charge on any atom is -0.317 e. The molecule has 5 nitrogen and oxygen atoms in total. The Morgan fingerprint density at radius 3 is 2.67 bits per heavy atom. The molecule has 1 N–H and O–H groups in total. The molecule has 0 aromatic heterocycles. The fourth-order valence-corrected chi connectivity index (χ4v) is 4.33. The van der Waals surface area contributed by atoms with E-state index >= 15 is 0 Å². The van der Waals surface area contributed by atoms with Crippen molar-refractivity contribution >= 4 is 10.0 Å². The maximum atomic E-state index is 13.4. The van der Waals surface area contributed by atoms with Crippen LogP contribution in [0, 0.1) is 17.1 Å². The molecule has 0 atom stereocenters. The quantitative estimate of drug-likeness (QED) is 0.913. The van der Waals surface area contributed by atoms with Gasteiger partial charge in [0.05, 0.1) is 10.5 Å². The summed E-state index contributed by atoms with van der Waals surface area (Å²) in [6.45, 7) is 3.70. The Bertz CT molecular complexity index is 649. The van der Waals surface area contributed by atoms with E-state index in [-0.39, 0.29) is 16.5 Å². The third-order valence-electron chi connectivity index (χ3n) is 3.69. The molecule has 0 saturated carbocycles. The van der Waals surface area contributed by atoms with Crippen LogP contribution in [0.5, 0.6) is 0 Å². The summed E-state index contributed by atoms with van der Waals surface area (Å²) in [5, 5.41) is 12.0. The molecular formula is C14H18FN3O2S. The van der Waals surface area contributed by atoms with E-state index in [2.05, 4.69) is 5.32 Å². The molecule has 0 radical (unpaired) electrons. The number of benzene rings is 1. The SMILES string of the molecule is CCN(C1CCNCC1)S(=O)(=O)c1ccc(F)c(C#N)c1. The van der Waals surface area contributed by atoms with Crippen molar-refractivity contribution in [3.63, 3.8) is 0 Å². The molecular weight excluding hydrogens is 293 g/mol. The number of nitrogens with one attached hydrogen (secondary N) is 1. The van der Waals surface area contributed by atoms with Crippen LogP contribution in [-0.4, -0.2) is 38.4 Å². The van der Waals surface area contributed by atoms with E-state index in [0.717, 1.165) is 38.1 Å². The second-order valence-corrected chi connectivity index (χ2v) is 6.83. The molecule has 7 heteroatoms. The van der Waals surface area contributed by atoms with Gasteiger partial charge in [-0.25, -0.2) is 12.8 Å². The summed E-state index contributed by atoms with van der Waals surface area (Å²) in [6, 6.07) is 4.97. The van der Waals surface area contributed by atoms with Crippen LogP contribution in [-0.2, 0) is 10.0 Å². The molecule has 1 aromatic rings. The molecule has 0 spiro atoms. The molecule has 1 heterocycles. The summed E-state index contributed by atoms with van der Waals surface area (Å²) in [7, 11) is -3.71. The fraction of sp³-hybridized carbons (Fsp3) is 0.500. The molecule has 21 heavy (non-hydrogen) atoms. The van der Waals surface area contributed by atoms with Crippen molar-refractivity contribution in [1.82, 2.24) is 9.62 Å². The zero-order chi connectivity index (χ0) is 15.5.